The summed E-state index contributed by atoms with van der Waals surface area (Å²) >= 11 is 0. The van der Waals surface area contributed by atoms with Gasteiger partial charge in [-0.3, -0.25) is 24.0 Å². The molecule has 62 heavy (non-hydrogen) atoms. The molecule has 4 rings (SSSR count). The van der Waals surface area contributed by atoms with Crippen LogP contribution < -0.4 is 47.9 Å². The van der Waals surface area contributed by atoms with Crippen molar-refractivity contribution in [3.8, 4) is 40.5 Å². The Morgan fingerprint density at radius 1 is 0.935 bits per heavy atom. The molecule has 0 fully saturated rings. The monoisotopic (exact) mass is 851 g/mol. The topological polar surface area (TPSA) is 283 Å². The van der Waals surface area contributed by atoms with Crippen molar-refractivity contribution in [1.29, 1.82) is 5.26 Å². The number of likely N-dealkylation sites (N-methyl/N-ethyl adjacent to an activating group) is 1. The summed E-state index contributed by atoms with van der Waals surface area (Å²) in [5.41, 5.74) is 20.0. The smallest absolute Gasteiger partial charge is 0.255 e. The van der Waals surface area contributed by atoms with Crippen molar-refractivity contribution in [1.82, 2.24) is 36.1 Å². The molecular formula is C44H57N11O7. The van der Waals surface area contributed by atoms with E-state index in [1.807, 2.05) is 26.8 Å². The number of rotatable bonds is 14. The zero-order valence-corrected chi connectivity index (χ0v) is 36.3. The second-order valence-corrected chi connectivity index (χ2v) is 15.8. The minimum atomic E-state index is -1.40. The van der Waals surface area contributed by atoms with Crippen molar-refractivity contribution in [2.75, 3.05) is 46.4 Å². The highest BCUT2D eigenvalue weighted by Gasteiger charge is 2.36. The summed E-state index contributed by atoms with van der Waals surface area (Å²) in [6.45, 7) is 11.0. The molecule has 4 atom stereocenters. The van der Waals surface area contributed by atoms with Crippen LogP contribution in [0.1, 0.15) is 78.9 Å². The van der Waals surface area contributed by atoms with E-state index < -0.39 is 53.7 Å². The van der Waals surface area contributed by atoms with Gasteiger partial charge in [0.05, 0.1) is 23.0 Å². The zero-order valence-electron chi connectivity index (χ0n) is 36.3. The normalized spacial score (nSPS) is 16.8. The Balaban J connectivity index is 1.86. The van der Waals surface area contributed by atoms with Gasteiger partial charge in [-0.2, -0.15) is 5.26 Å². The second kappa shape index (κ2) is 21.8. The largest absolute Gasteiger partial charge is 0.492 e. The van der Waals surface area contributed by atoms with Gasteiger partial charge in [0.1, 0.15) is 55.4 Å². The molecule has 330 valence electrons. The van der Waals surface area contributed by atoms with E-state index in [0.29, 0.717) is 45.1 Å². The Morgan fingerprint density at radius 3 is 2.13 bits per heavy atom. The van der Waals surface area contributed by atoms with Gasteiger partial charge in [-0.15, -0.1) is 0 Å². The third-order valence-electron chi connectivity index (χ3n) is 9.66. The average molecular weight is 852 g/mol. The van der Waals surface area contributed by atoms with E-state index in [4.69, 9.17) is 31.9 Å². The predicted octanol–water partition coefficient (Wildman–Crippen LogP) is 0.665. The van der Waals surface area contributed by atoms with Gasteiger partial charge >= 0.3 is 0 Å². The average Bonchev–Trinajstić information content (AvgIpc) is 3.22. The van der Waals surface area contributed by atoms with E-state index in [9.17, 15) is 24.0 Å². The third kappa shape index (κ3) is 12.5. The lowest BCUT2D eigenvalue weighted by Crippen LogP contribution is -2.56. The maximum Gasteiger partial charge on any atom is 0.255 e. The van der Waals surface area contributed by atoms with Crippen LogP contribution in [0.25, 0.3) is 11.1 Å². The number of nitrogens with one attached hydrogen (secondary N) is 4. The number of amides is 5. The van der Waals surface area contributed by atoms with Crippen molar-refractivity contribution in [2.45, 2.75) is 78.6 Å². The number of nitrogens with zero attached hydrogens (tertiary/aromatic N) is 4. The number of hydrogen-bond donors (Lipinski definition) is 7. The van der Waals surface area contributed by atoms with Gasteiger partial charge in [-0.1, -0.05) is 18.1 Å². The molecular weight excluding hydrogens is 795 g/mol. The Hall–Kier alpha value is -6.60. The van der Waals surface area contributed by atoms with Crippen LogP contribution in [0.5, 0.6) is 11.5 Å². The Labute approximate surface area is 362 Å². The molecule has 18 nitrogen and oxygen atoms in total. The fourth-order valence-electron chi connectivity index (χ4n) is 6.70. The number of carbonyl (C=O) groups excluding carboxylic acids is 5. The minimum Gasteiger partial charge on any atom is -0.492 e. The summed E-state index contributed by atoms with van der Waals surface area (Å²) < 4.78 is 12.2. The van der Waals surface area contributed by atoms with Crippen LogP contribution in [-0.4, -0.2) is 109 Å². The SMILES string of the molecule is Cc1nc(C#CC(C)(C)C)nc(C)c1C(=O)NC(CCN)C(=O)N(C)C1C(=O)NC(C)C(=O)NC(C(=O)NCC#N)Cc2ccc(OCCN)c(c2)-c2cc1ccc2OCCN. The summed E-state index contributed by atoms with van der Waals surface area (Å²) in [5, 5.41) is 19.8. The van der Waals surface area contributed by atoms with Gasteiger partial charge in [0.25, 0.3) is 5.91 Å². The lowest BCUT2D eigenvalue weighted by atomic mass is 9.93. The fourth-order valence-corrected chi connectivity index (χ4v) is 6.70. The number of aryl methyl sites for hydroxylation is 2. The van der Waals surface area contributed by atoms with E-state index in [1.165, 1.54) is 18.9 Å². The Bertz CT molecular complexity index is 2230. The summed E-state index contributed by atoms with van der Waals surface area (Å²) in [4.78, 5) is 80.0. The van der Waals surface area contributed by atoms with Crippen molar-refractivity contribution < 1.29 is 33.4 Å². The predicted molar refractivity (Wildman–Crippen MR) is 231 cm³/mol. The minimum absolute atomic E-state index is 0.00124. The first-order valence-electron chi connectivity index (χ1n) is 20.3. The molecule has 3 aromatic rings. The second-order valence-electron chi connectivity index (χ2n) is 15.8. The maximum atomic E-state index is 14.6. The highest BCUT2D eigenvalue weighted by molar-refractivity contribution is 6.00. The fraction of sp³-hybridized carbons (Fsp3) is 0.455. The van der Waals surface area contributed by atoms with E-state index >= 15 is 0 Å². The quantitative estimate of drug-likeness (QED) is 0.0869. The van der Waals surface area contributed by atoms with Crippen LogP contribution in [0.15, 0.2) is 36.4 Å². The van der Waals surface area contributed by atoms with Crippen molar-refractivity contribution >= 4 is 29.5 Å². The molecule has 0 aliphatic carbocycles. The first-order valence-corrected chi connectivity index (χ1v) is 20.3. The van der Waals surface area contributed by atoms with Gasteiger partial charge in [-0.05, 0) is 95.8 Å². The van der Waals surface area contributed by atoms with Crippen molar-refractivity contribution in [2.24, 2.45) is 22.6 Å². The van der Waals surface area contributed by atoms with E-state index in [0.717, 1.165) is 0 Å². The molecule has 18 heteroatoms. The first kappa shape index (κ1) is 48.1. The van der Waals surface area contributed by atoms with Crippen LogP contribution in [0.4, 0.5) is 0 Å². The molecule has 4 bridgehead atoms. The standard InChI is InChI=1S/C44H57N11O7/c1-25-37(26(2)51-36(50-25)12-14-44(4,5)6)41(58)53-32(13-15-45)43(60)55(7)38-29-9-11-35(62-21-18-48)31(24-29)30-22-28(8-10-34(30)61-20-17-47)23-33(40(57)49-19-16-46)54-39(56)27(3)52-42(38)59/h8-11,22,24,27,32-33,38H,13,15,17-21,23,45,47-48H2,1-7H3,(H,49,57)(H,52,59)(H,53,58)(H,54,56). The molecule has 5 amide bonds. The summed E-state index contributed by atoms with van der Waals surface area (Å²) in [7, 11) is 1.41. The molecule has 1 aromatic heterocycles. The maximum absolute atomic E-state index is 14.6. The molecule has 0 saturated carbocycles. The number of ether oxygens (including phenoxy) is 2. The Morgan fingerprint density at radius 2 is 1.55 bits per heavy atom. The van der Waals surface area contributed by atoms with E-state index in [2.05, 4.69) is 43.1 Å². The number of nitriles is 1. The molecule has 1 aliphatic rings. The van der Waals surface area contributed by atoms with Crippen molar-refractivity contribution in [3.05, 3.63) is 70.3 Å². The molecule has 0 spiro atoms. The van der Waals surface area contributed by atoms with E-state index in [-0.39, 0.29) is 69.0 Å². The molecule has 0 radical (unpaired) electrons. The number of hydrogen-bond acceptors (Lipinski definition) is 13. The number of nitrogens with two attached hydrogens (primary N) is 3. The molecule has 10 N–H and O–H groups in total. The number of fused-ring (bicyclic) bond motifs is 5. The van der Waals surface area contributed by atoms with Gasteiger partial charge in [0.15, 0.2) is 0 Å². The van der Waals surface area contributed by atoms with Crippen LogP contribution >= 0.6 is 0 Å². The zero-order chi connectivity index (χ0) is 45.7. The van der Waals surface area contributed by atoms with Crippen LogP contribution in [0, 0.1) is 42.4 Å². The van der Waals surface area contributed by atoms with Crippen LogP contribution in [0.2, 0.25) is 0 Å². The van der Waals surface area contributed by atoms with Crippen molar-refractivity contribution in [3.63, 3.8) is 0 Å². The molecule has 0 saturated heterocycles. The summed E-state index contributed by atoms with van der Waals surface area (Å²) in [5.74, 6) is 3.67. The first-order chi connectivity index (χ1) is 29.4. The van der Waals surface area contributed by atoms with E-state index in [1.54, 1.807) is 50.2 Å². The van der Waals surface area contributed by atoms with Gasteiger partial charge in [-0.25, -0.2) is 9.97 Å². The van der Waals surface area contributed by atoms with Crippen LogP contribution in [0.3, 0.4) is 0 Å². The lowest BCUT2D eigenvalue weighted by molar-refractivity contribution is -0.141. The summed E-state index contributed by atoms with van der Waals surface area (Å²) in [6.07, 6.45) is -0.00158. The molecule has 1 aliphatic heterocycles. The Kier molecular flexibility index (Phi) is 16.9. The van der Waals surface area contributed by atoms with Gasteiger partial charge < -0.3 is 52.8 Å². The summed E-state index contributed by atoms with van der Waals surface area (Å²) in [6, 6.07) is 6.99. The highest BCUT2D eigenvalue weighted by atomic mass is 16.5. The lowest BCUT2D eigenvalue weighted by Gasteiger charge is -2.32. The third-order valence-corrected chi connectivity index (χ3v) is 9.66. The number of carbonyl (C=O) groups is 5. The number of aromatic nitrogens is 2. The number of benzene rings is 2. The van der Waals surface area contributed by atoms with Crippen LogP contribution in [-0.2, 0) is 25.6 Å². The molecule has 4 unspecified atom stereocenters. The van der Waals surface area contributed by atoms with Gasteiger partial charge in [0, 0.05) is 43.1 Å². The highest BCUT2D eigenvalue weighted by Crippen LogP contribution is 2.40. The molecule has 2 heterocycles. The molecule has 2 aromatic carbocycles. The van der Waals surface area contributed by atoms with Gasteiger partial charge in [0.2, 0.25) is 29.5 Å².